The molecule has 1 aromatic carbocycles. The van der Waals surface area contributed by atoms with Crippen molar-refractivity contribution in [3.05, 3.63) is 42.2 Å². The molecule has 0 bridgehead atoms. The van der Waals surface area contributed by atoms with E-state index in [1.165, 1.54) is 12.1 Å². The van der Waals surface area contributed by atoms with Gasteiger partial charge in [0, 0.05) is 11.6 Å². The van der Waals surface area contributed by atoms with Gasteiger partial charge in [0.05, 0.1) is 11.9 Å². The number of nitrogens with one attached hydrogen (secondary N) is 2. The highest BCUT2D eigenvalue weighted by atomic mass is 35.5. The summed E-state index contributed by atoms with van der Waals surface area (Å²) in [5.41, 5.74) is -0.0180. The van der Waals surface area contributed by atoms with Gasteiger partial charge >= 0.3 is 6.18 Å². The summed E-state index contributed by atoms with van der Waals surface area (Å²) in [5, 5.41) is 9.63. The van der Waals surface area contributed by atoms with Crippen molar-refractivity contribution in [3.63, 3.8) is 0 Å². The van der Waals surface area contributed by atoms with Crippen LogP contribution in [-0.2, 0) is 11.0 Å². The van der Waals surface area contributed by atoms with Crippen LogP contribution in [0.2, 0.25) is 0 Å². The fourth-order valence-corrected chi connectivity index (χ4v) is 2.54. The van der Waals surface area contributed by atoms with E-state index in [0.717, 1.165) is 30.0 Å². The van der Waals surface area contributed by atoms with Crippen LogP contribution in [0.4, 0.5) is 18.9 Å². The summed E-state index contributed by atoms with van der Waals surface area (Å²) in [6.07, 6.45) is -3.37. The summed E-state index contributed by atoms with van der Waals surface area (Å²) < 4.78 is 39.5. The number of nitrogens with zero attached hydrogens (tertiary/aromatic N) is 2. The topological polar surface area (TPSA) is 59.0 Å². The van der Waals surface area contributed by atoms with Crippen molar-refractivity contribution in [2.75, 3.05) is 18.4 Å². The molecule has 0 saturated carbocycles. The lowest BCUT2D eigenvalue weighted by molar-refractivity contribution is -0.142. The van der Waals surface area contributed by atoms with Crippen LogP contribution in [0.5, 0.6) is 0 Å². The fourth-order valence-electron chi connectivity index (χ4n) is 2.54. The van der Waals surface area contributed by atoms with Gasteiger partial charge in [-0.05, 0) is 49.3 Å². The van der Waals surface area contributed by atoms with Gasteiger partial charge in [-0.3, -0.25) is 4.79 Å². The third-order valence-electron chi connectivity index (χ3n) is 4.25. The predicted octanol–water partition coefficient (Wildman–Crippen LogP) is 3.11. The minimum Gasteiger partial charge on any atom is -0.326 e. The Hall–Kier alpha value is -2.06. The number of benzene rings is 1. The second kappa shape index (κ2) is 7.45. The quantitative estimate of drug-likeness (QED) is 0.864. The van der Waals surface area contributed by atoms with E-state index in [-0.39, 0.29) is 29.9 Å². The van der Waals surface area contributed by atoms with Crippen molar-refractivity contribution in [1.29, 1.82) is 0 Å². The molecule has 5 nitrogen and oxygen atoms in total. The normalized spacial score (nSPS) is 15.8. The maximum atomic E-state index is 12.9. The van der Waals surface area contributed by atoms with Gasteiger partial charge in [0.25, 0.3) is 0 Å². The van der Waals surface area contributed by atoms with Gasteiger partial charge in [-0.25, -0.2) is 4.68 Å². The molecule has 1 aromatic heterocycles. The van der Waals surface area contributed by atoms with E-state index in [9.17, 15) is 18.0 Å². The number of carbonyl (C=O) groups excluding carboxylic acids is 1. The number of aromatic nitrogens is 2. The molecule has 2 aromatic rings. The Morgan fingerprint density at radius 2 is 1.92 bits per heavy atom. The second-order valence-corrected chi connectivity index (χ2v) is 5.87. The average molecular weight is 375 g/mol. The highest BCUT2D eigenvalue weighted by molar-refractivity contribution is 5.92. The molecule has 1 amide bonds. The monoisotopic (exact) mass is 374 g/mol. The molecule has 2 heterocycles. The molecule has 0 radical (unpaired) electrons. The Labute approximate surface area is 149 Å². The summed E-state index contributed by atoms with van der Waals surface area (Å²) in [4.78, 5) is 12.1. The van der Waals surface area contributed by atoms with Crippen LogP contribution >= 0.6 is 12.4 Å². The number of hydrogen-bond donors (Lipinski definition) is 2. The third-order valence-corrected chi connectivity index (χ3v) is 4.25. The Bertz CT molecular complexity index is 726. The molecule has 2 N–H and O–H groups in total. The minimum atomic E-state index is -4.48. The molecule has 0 spiro atoms. The van der Waals surface area contributed by atoms with E-state index in [1.54, 1.807) is 12.1 Å². The number of carbonyl (C=O) groups is 1. The average Bonchev–Trinajstić information content (AvgIpc) is 2.95. The molecule has 1 aliphatic rings. The lowest BCUT2D eigenvalue weighted by atomic mass is 9.88. The van der Waals surface area contributed by atoms with Crippen molar-refractivity contribution >= 4 is 24.0 Å². The number of amides is 1. The van der Waals surface area contributed by atoms with Crippen LogP contribution in [0.15, 0.2) is 36.5 Å². The minimum absolute atomic E-state index is 0. The van der Waals surface area contributed by atoms with Crippen LogP contribution in [0, 0.1) is 11.8 Å². The van der Waals surface area contributed by atoms with Gasteiger partial charge in [-0.15, -0.1) is 12.4 Å². The van der Waals surface area contributed by atoms with Crippen LogP contribution < -0.4 is 10.6 Å². The fraction of sp³-hybridized carbons (Fsp3) is 0.375. The molecule has 136 valence electrons. The zero-order chi connectivity index (χ0) is 17.3. The van der Waals surface area contributed by atoms with Gasteiger partial charge in [0.1, 0.15) is 5.69 Å². The number of hydrogen-bond acceptors (Lipinski definition) is 3. The number of rotatable bonds is 4. The van der Waals surface area contributed by atoms with Gasteiger partial charge < -0.3 is 10.6 Å². The highest BCUT2D eigenvalue weighted by Gasteiger charge is 2.35. The first-order valence-corrected chi connectivity index (χ1v) is 7.59. The van der Waals surface area contributed by atoms with Crippen molar-refractivity contribution in [1.82, 2.24) is 15.1 Å². The van der Waals surface area contributed by atoms with E-state index in [1.807, 2.05) is 6.92 Å². The van der Waals surface area contributed by atoms with Gasteiger partial charge in [-0.2, -0.15) is 18.3 Å². The van der Waals surface area contributed by atoms with Crippen LogP contribution in [0.3, 0.4) is 0 Å². The SMILES string of the molecule is CC(C(=O)Nc1ccc(-n2nccc2C(F)(F)F)cc1)C1CNC1.Cl. The summed E-state index contributed by atoms with van der Waals surface area (Å²) in [6, 6.07) is 7.05. The van der Waals surface area contributed by atoms with Gasteiger partial charge in [-0.1, -0.05) is 6.92 Å². The van der Waals surface area contributed by atoms with E-state index in [0.29, 0.717) is 11.6 Å². The molecule has 1 saturated heterocycles. The van der Waals surface area contributed by atoms with E-state index >= 15 is 0 Å². The van der Waals surface area contributed by atoms with Crippen molar-refractivity contribution in [2.45, 2.75) is 13.1 Å². The van der Waals surface area contributed by atoms with E-state index < -0.39 is 11.9 Å². The van der Waals surface area contributed by atoms with Gasteiger partial charge in [0.15, 0.2) is 0 Å². The molecular formula is C16H18ClF3N4O. The Morgan fingerprint density at radius 1 is 1.28 bits per heavy atom. The lowest BCUT2D eigenvalue weighted by Gasteiger charge is -2.31. The zero-order valence-electron chi connectivity index (χ0n) is 13.4. The van der Waals surface area contributed by atoms with Crippen molar-refractivity contribution in [2.24, 2.45) is 11.8 Å². The number of anilines is 1. The third kappa shape index (κ3) is 4.13. The lowest BCUT2D eigenvalue weighted by Crippen LogP contribution is -2.48. The largest absolute Gasteiger partial charge is 0.433 e. The Kier molecular flexibility index (Phi) is 5.74. The first-order chi connectivity index (χ1) is 11.4. The smallest absolute Gasteiger partial charge is 0.326 e. The first kappa shape index (κ1) is 19.3. The Morgan fingerprint density at radius 3 is 2.44 bits per heavy atom. The van der Waals surface area contributed by atoms with Crippen LogP contribution in [-0.4, -0.2) is 28.8 Å². The number of halogens is 4. The molecule has 25 heavy (non-hydrogen) atoms. The molecule has 9 heteroatoms. The Balaban J connectivity index is 0.00000225. The van der Waals surface area contributed by atoms with Crippen molar-refractivity contribution < 1.29 is 18.0 Å². The summed E-state index contributed by atoms with van der Waals surface area (Å²) >= 11 is 0. The van der Waals surface area contributed by atoms with Crippen LogP contribution in [0.25, 0.3) is 5.69 Å². The zero-order valence-corrected chi connectivity index (χ0v) is 14.2. The maximum Gasteiger partial charge on any atom is 0.433 e. The summed E-state index contributed by atoms with van der Waals surface area (Å²) in [6.45, 7) is 3.52. The first-order valence-electron chi connectivity index (χ1n) is 7.59. The molecule has 3 rings (SSSR count). The highest BCUT2D eigenvalue weighted by Crippen LogP contribution is 2.30. The molecule has 1 unspecified atom stereocenters. The molecule has 1 aliphatic heterocycles. The number of alkyl halides is 3. The molecule has 1 fully saturated rings. The molecule has 1 atom stereocenters. The standard InChI is InChI=1S/C16H17F3N4O.ClH/c1-10(11-8-20-9-11)15(24)22-12-2-4-13(5-3-12)23-14(6-7-21-23)16(17,18)19;/h2-7,10-11,20H,8-9H2,1H3,(H,22,24);1H. The van der Waals surface area contributed by atoms with E-state index in [2.05, 4.69) is 15.7 Å². The maximum absolute atomic E-state index is 12.9. The van der Waals surface area contributed by atoms with Crippen LogP contribution in [0.1, 0.15) is 12.6 Å². The molecule has 0 aliphatic carbocycles. The van der Waals surface area contributed by atoms with Gasteiger partial charge in [0.2, 0.25) is 5.91 Å². The summed E-state index contributed by atoms with van der Waals surface area (Å²) in [5.74, 6) is 0.112. The van der Waals surface area contributed by atoms with E-state index in [4.69, 9.17) is 0 Å². The predicted molar refractivity (Wildman–Crippen MR) is 90.0 cm³/mol. The summed E-state index contributed by atoms with van der Waals surface area (Å²) in [7, 11) is 0. The van der Waals surface area contributed by atoms with Crippen molar-refractivity contribution in [3.8, 4) is 5.69 Å². The second-order valence-electron chi connectivity index (χ2n) is 5.87. The molecular weight excluding hydrogens is 357 g/mol.